The van der Waals surface area contributed by atoms with Gasteiger partial charge in [0.2, 0.25) is 5.91 Å². The van der Waals surface area contributed by atoms with Gasteiger partial charge in [0.05, 0.1) is 6.10 Å². The van der Waals surface area contributed by atoms with E-state index < -0.39 is 0 Å². The van der Waals surface area contributed by atoms with E-state index in [1.807, 2.05) is 13.8 Å². The Kier molecular flexibility index (Phi) is 6.90. The van der Waals surface area contributed by atoms with Crippen molar-refractivity contribution in [2.75, 3.05) is 26.7 Å². The van der Waals surface area contributed by atoms with E-state index >= 15 is 0 Å². The summed E-state index contributed by atoms with van der Waals surface area (Å²) in [5.41, 5.74) is 0.291. The zero-order valence-corrected chi connectivity index (χ0v) is 15.7. The summed E-state index contributed by atoms with van der Waals surface area (Å²) in [5.74, 6) is 0.929. The Morgan fingerprint density at radius 2 is 1.92 bits per heavy atom. The number of aliphatic imine (C=N–C) groups is 1. The van der Waals surface area contributed by atoms with Gasteiger partial charge in [-0.05, 0) is 26.2 Å². The highest BCUT2D eigenvalue weighted by atomic mass is 16.5. The second-order valence-electron chi connectivity index (χ2n) is 7.26. The van der Waals surface area contributed by atoms with Gasteiger partial charge >= 0.3 is 0 Å². The zero-order chi connectivity index (χ0) is 17.6. The predicted octanol–water partition coefficient (Wildman–Crippen LogP) is 1.66. The summed E-state index contributed by atoms with van der Waals surface area (Å²) in [6, 6.07) is 0.438. The molecule has 0 radical (unpaired) electrons. The predicted molar refractivity (Wildman–Crippen MR) is 97.1 cm³/mol. The largest absolute Gasteiger partial charge is 0.378 e. The summed E-state index contributed by atoms with van der Waals surface area (Å²) in [7, 11) is 1.79. The minimum Gasteiger partial charge on any atom is -0.378 e. The highest BCUT2D eigenvalue weighted by Crippen LogP contribution is 2.54. The zero-order valence-electron chi connectivity index (χ0n) is 15.7. The van der Waals surface area contributed by atoms with E-state index in [0.29, 0.717) is 30.7 Å². The molecule has 2 unspecified atom stereocenters. The maximum atomic E-state index is 11.6. The molecule has 2 aliphatic carbocycles. The number of hydrogen-bond donors (Lipinski definition) is 3. The second kappa shape index (κ2) is 8.70. The van der Waals surface area contributed by atoms with Gasteiger partial charge in [-0.25, -0.2) is 0 Å². The molecule has 0 saturated heterocycles. The lowest BCUT2D eigenvalue weighted by Gasteiger charge is -2.54. The van der Waals surface area contributed by atoms with E-state index in [1.54, 1.807) is 7.05 Å². The first-order chi connectivity index (χ1) is 11.5. The Bertz CT molecular complexity index is 444. The van der Waals surface area contributed by atoms with Gasteiger partial charge in [0, 0.05) is 44.1 Å². The van der Waals surface area contributed by atoms with Gasteiger partial charge in [-0.15, -0.1) is 0 Å². The molecule has 0 heterocycles. The standard InChI is InChI=1S/C18H34N4O2/c1-5-24-15-12-14(18(15)8-6-7-9-18)22-17(19-4)21-11-10-20-16(23)13(2)3/h13-15H,5-12H2,1-4H3,(H,20,23)(H2,19,21,22). The number of carbonyl (C=O) groups excluding carboxylic acids is 1. The van der Waals surface area contributed by atoms with Crippen molar-refractivity contribution in [3.05, 3.63) is 0 Å². The summed E-state index contributed by atoms with van der Waals surface area (Å²) in [4.78, 5) is 15.9. The normalized spacial score (nSPS) is 25.6. The van der Waals surface area contributed by atoms with Crippen LogP contribution in [-0.4, -0.2) is 50.8 Å². The maximum absolute atomic E-state index is 11.6. The molecule has 0 aliphatic heterocycles. The summed E-state index contributed by atoms with van der Waals surface area (Å²) in [6.45, 7) is 7.95. The average molecular weight is 338 g/mol. The Labute approximate surface area is 146 Å². The molecular weight excluding hydrogens is 304 g/mol. The highest BCUT2D eigenvalue weighted by Gasteiger charge is 2.56. The minimum absolute atomic E-state index is 0.0233. The third-order valence-electron chi connectivity index (χ3n) is 5.46. The molecule has 2 saturated carbocycles. The molecule has 3 N–H and O–H groups in total. The quantitative estimate of drug-likeness (QED) is 0.375. The minimum atomic E-state index is 0.0233. The Morgan fingerprint density at radius 3 is 2.50 bits per heavy atom. The summed E-state index contributed by atoms with van der Waals surface area (Å²) < 4.78 is 5.96. The molecule has 1 amide bonds. The van der Waals surface area contributed by atoms with Crippen LogP contribution in [0.1, 0.15) is 52.9 Å². The summed E-state index contributed by atoms with van der Waals surface area (Å²) in [5, 5.41) is 9.79. The van der Waals surface area contributed by atoms with Crippen molar-refractivity contribution in [3.8, 4) is 0 Å². The van der Waals surface area contributed by atoms with E-state index in [-0.39, 0.29) is 11.8 Å². The van der Waals surface area contributed by atoms with Gasteiger partial charge in [-0.3, -0.25) is 9.79 Å². The van der Waals surface area contributed by atoms with Crippen LogP contribution >= 0.6 is 0 Å². The van der Waals surface area contributed by atoms with Crippen molar-refractivity contribution in [3.63, 3.8) is 0 Å². The van der Waals surface area contributed by atoms with Crippen LogP contribution in [0.2, 0.25) is 0 Å². The first-order valence-electron chi connectivity index (χ1n) is 9.40. The van der Waals surface area contributed by atoms with E-state index in [2.05, 4.69) is 27.9 Å². The lowest BCUT2D eigenvalue weighted by Crippen LogP contribution is -2.65. The Balaban J connectivity index is 1.78. The number of guanidine groups is 1. The SMILES string of the molecule is CCOC1CC(NC(=NC)NCCNC(=O)C(C)C)C12CCCC2. The number of nitrogens with zero attached hydrogens (tertiary/aromatic N) is 1. The lowest BCUT2D eigenvalue weighted by atomic mass is 9.60. The third kappa shape index (κ3) is 4.21. The van der Waals surface area contributed by atoms with Crippen LogP contribution in [0.3, 0.4) is 0 Å². The van der Waals surface area contributed by atoms with Gasteiger partial charge in [0.25, 0.3) is 0 Å². The fraction of sp³-hybridized carbons (Fsp3) is 0.889. The Morgan fingerprint density at radius 1 is 1.25 bits per heavy atom. The molecule has 24 heavy (non-hydrogen) atoms. The van der Waals surface area contributed by atoms with E-state index in [1.165, 1.54) is 25.7 Å². The number of hydrogen-bond acceptors (Lipinski definition) is 3. The third-order valence-corrected chi connectivity index (χ3v) is 5.46. The molecule has 0 aromatic carbocycles. The topological polar surface area (TPSA) is 74.8 Å². The fourth-order valence-electron chi connectivity index (χ4n) is 4.02. The summed E-state index contributed by atoms with van der Waals surface area (Å²) in [6.07, 6.45) is 6.54. The number of ether oxygens (including phenoxy) is 1. The monoisotopic (exact) mass is 338 g/mol. The average Bonchev–Trinajstić information content (AvgIpc) is 3.08. The molecule has 1 spiro atoms. The first kappa shape index (κ1) is 19.0. The number of rotatable bonds is 7. The maximum Gasteiger partial charge on any atom is 0.222 e. The molecule has 2 fully saturated rings. The van der Waals surface area contributed by atoms with Crippen molar-refractivity contribution in [1.82, 2.24) is 16.0 Å². The van der Waals surface area contributed by atoms with Crippen LogP contribution in [0.4, 0.5) is 0 Å². The number of carbonyl (C=O) groups is 1. The molecule has 6 heteroatoms. The molecule has 0 aromatic heterocycles. The molecular formula is C18H34N4O2. The van der Waals surface area contributed by atoms with E-state index in [4.69, 9.17) is 4.74 Å². The van der Waals surface area contributed by atoms with Crippen LogP contribution in [0.5, 0.6) is 0 Å². The summed E-state index contributed by atoms with van der Waals surface area (Å²) >= 11 is 0. The molecule has 2 atom stereocenters. The molecule has 2 aliphatic rings. The number of amides is 1. The molecule has 0 aromatic rings. The van der Waals surface area contributed by atoms with Crippen molar-refractivity contribution in [1.29, 1.82) is 0 Å². The smallest absolute Gasteiger partial charge is 0.222 e. The van der Waals surface area contributed by atoms with E-state index in [9.17, 15) is 4.79 Å². The van der Waals surface area contributed by atoms with Crippen molar-refractivity contribution in [2.24, 2.45) is 16.3 Å². The van der Waals surface area contributed by atoms with Crippen LogP contribution < -0.4 is 16.0 Å². The lowest BCUT2D eigenvalue weighted by molar-refractivity contribution is -0.125. The van der Waals surface area contributed by atoms with Crippen LogP contribution in [0, 0.1) is 11.3 Å². The van der Waals surface area contributed by atoms with Crippen molar-refractivity contribution < 1.29 is 9.53 Å². The van der Waals surface area contributed by atoms with Crippen molar-refractivity contribution >= 4 is 11.9 Å². The first-order valence-corrected chi connectivity index (χ1v) is 9.40. The van der Waals surface area contributed by atoms with Crippen LogP contribution in [0.25, 0.3) is 0 Å². The number of nitrogens with one attached hydrogen (secondary N) is 3. The highest BCUT2D eigenvalue weighted by molar-refractivity contribution is 5.80. The Hall–Kier alpha value is -1.30. The molecule has 2 rings (SSSR count). The van der Waals surface area contributed by atoms with Crippen LogP contribution in [-0.2, 0) is 9.53 Å². The molecule has 0 bridgehead atoms. The van der Waals surface area contributed by atoms with Crippen molar-refractivity contribution in [2.45, 2.75) is 65.0 Å². The van der Waals surface area contributed by atoms with Crippen LogP contribution in [0.15, 0.2) is 4.99 Å². The second-order valence-corrected chi connectivity index (χ2v) is 7.26. The molecule has 138 valence electrons. The fourth-order valence-corrected chi connectivity index (χ4v) is 4.02. The van der Waals surface area contributed by atoms with Gasteiger partial charge < -0.3 is 20.7 Å². The molecule has 6 nitrogen and oxygen atoms in total. The van der Waals surface area contributed by atoms with Gasteiger partial charge in [-0.2, -0.15) is 0 Å². The van der Waals surface area contributed by atoms with Gasteiger partial charge in [-0.1, -0.05) is 26.7 Å². The van der Waals surface area contributed by atoms with Gasteiger partial charge in [0.15, 0.2) is 5.96 Å². The van der Waals surface area contributed by atoms with E-state index in [0.717, 1.165) is 19.0 Å². The van der Waals surface area contributed by atoms with Gasteiger partial charge in [0.1, 0.15) is 0 Å².